The number of H-pyrrole nitrogens is 1. The van der Waals surface area contributed by atoms with E-state index in [4.69, 9.17) is 0 Å². The van der Waals surface area contributed by atoms with Gasteiger partial charge in [-0.2, -0.15) is 5.10 Å². The quantitative estimate of drug-likeness (QED) is 0.729. The van der Waals surface area contributed by atoms with Crippen molar-refractivity contribution in [3.8, 4) is 0 Å². The maximum absolute atomic E-state index is 12.1. The minimum atomic E-state index is -0.649. The lowest BCUT2D eigenvalue weighted by Crippen LogP contribution is -2.53. The SMILES string of the molecule is Cc1n[nH]c(C)c1C(=O)NC1CCC(=O)N(C)C1=O. The molecule has 1 fully saturated rings. The molecule has 0 aromatic carbocycles. The second-order valence-corrected chi connectivity index (χ2v) is 4.66. The first-order valence-electron chi connectivity index (χ1n) is 6.04. The standard InChI is InChI=1S/C12H16N4O3/c1-6-10(7(2)15-14-6)11(18)13-8-4-5-9(17)16(3)12(8)19/h8H,4-5H2,1-3H3,(H,13,18)(H,14,15). The molecule has 1 saturated heterocycles. The van der Waals surface area contributed by atoms with Crippen LogP contribution in [0.2, 0.25) is 0 Å². The summed E-state index contributed by atoms with van der Waals surface area (Å²) in [4.78, 5) is 36.4. The number of hydrogen-bond acceptors (Lipinski definition) is 4. The normalized spacial score (nSPS) is 19.7. The molecule has 2 N–H and O–H groups in total. The first-order valence-corrected chi connectivity index (χ1v) is 6.04. The molecule has 1 aromatic heterocycles. The fourth-order valence-electron chi connectivity index (χ4n) is 2.17. The molecule has 1 unspecified atom stereocenters. The number of piperidine rings is 1. The first-order chi connectivity index (χ1) is 8.91. The Morgan fingerprint density at radius 1 is 1.42 bits per heavy atom. The summed E-state index contributed by atoms with van der Waals surface area (Å²) in [7, 11) is 1.43. The Kier molecular flexibility index (Phi) is 3.37. The number of aryl methyl sites for hydroxylation is 2. The molecule has 19 heavy (non-hydrogen) atoms. The highest BCUT2D eigenvalue weighted by atomic mass is 16.2. The number of carbonyl (C=O) groups excluding carboxylic acids is 3. The lowest BCUT2D eigenvalue weighted by atomic mass is 10.0. The lowest BCUT2D eigenvalue weighted by Gasteiger charge is -2.28. The molecule has 1 atom stereocenters. The lowest BCUT2D eigenvalue weighted by molar-refractivity contribution is -0.147. The summed E-state index contributed by atoms with van der Waals surface area (Å²) in [5.74, 6) is -0.931. The predicted octanol–water partition coefficient (Wildman–Crippen LogP) is -0.0963. The molecule has 1 aliphatic rings. The number of amides is 3. The number of likely N-dealkylation sites (tertiary alicyclic amines) is 1. The summed E-state index contributed by atoms with van der Waals surface area (Å²) in [5, 5.41) is 9.32. The van der Waals surface area contributed by atoms with Crippen LogP contribution in [0.25, 0.3) is 0 Å². The van der Waals surface area contributed by atoms with Gasteiger partial charge in [-0.05, 0) is 20.3 Å². The fraction of sp³-hybridized carbons (Fsp3) is 0.500. The van der Waals surface area contributed by atoms with Crippen molar-refractivity contribution in [1.29, 1.82) is 0 Å². The van der Waals surface area contributed by atoms with Gasteiger partial charge in [0, 0.05) is 19.2 Å². The molecule has 7 nitrogen and oxygen atoms in total. The van der Waals surface area contributed by atoms with Gasteiger partial charge < -0.3 is 5.32 Å². The van der Waals surface area contributed by atoms with Gasteiger partial charge in [0.05, 0.1) is 11.3 Å². The first kappa shape index (κ1) is 13.3. The van der Waals surface area contributed by atoms with Crippen LogP contribution in [0.15, 0.2) is 0 Å². The van der Waals surface area contributed by atoms with Crippen molar-refractivity contribution in [2.45, 2.75) is 32.7 Å². The van der Waals surface area contributed by atoms with Gasteiger partial charge >= 0.3 is 0 Å². The van der Waals surface area contributed by atoms with Crippen LogP contribution < -0.4 is 5.32 Å². The Balaban J connectivity index is 2.12. The maximum atomic E-state index is 12.1. The Bertz CT molecular complexity index is 530. The molecule has 2 rings (SSSR count). The van der Waals surface area contributed by atoms with E-state index in [2.05, 4.69) is 15.5 Å². The molecule has 7 heteroatoms. The number of nitrogens with one attached hydrogen (secondary N) is 2. The zero-order chi connectivity index (χ0) is 14.2. The molecule has 1 aromatic rings. The van der Waals surface area contributed by atoms with E-state index in [0.29, 0.717) is 23.4 Å². The summed E-state index contributed by atoms with van der Waals surface area (Å²) >= 11 is 0. The average Bonchev–Trinajstić information content (AvgIpc) is 2.70. The number of imide groups is 1. The van der Waals surface area contributed by atoms with E-state index in [-0.39, 0.29) is 24.1 Å². The van der Waals surface area contributed by atoms with E-state index in [0.717, 1.165) is 4.90 Å². The second-order valence-electron chi connectivity index (χ2n) is 4.66. The van der Waals surface area contributed by atoms with Gasteiger partial charge in [0.1, 0.15) is 6.04 Å². The summed E-state index contributed by atoms with van der Waals surface area (Å²) in [6, 6.07) is -0.649. The van der Waals surface area contributed by atoms with Crippen molar-refractivity contribution in [2.75, 3.05) is 7.05 Å². The summed E-state index contributed by atoms with van der Waals surface area (Å²) in [5.41, 5.74) is 1.69. The van der Waals surface area contributed by atoms with Crippen LogP contribution in [0.3, 0.4) is 0 Å². The van der Waals surface area contributed by atoms with Crippen LogP contribution >= 0.6 is 0 Å². The third-order valence-corrected chi connectivity index (χ3v) is 3.31. The second kappa shape index (κ2) is 4.83. The van der Waals surface area contributed by atoms with Crippen molar-refractivity contribution in [3.05, 3.63) is 17.0 Å². The van der Waals surface area contributed by atoms with Gasteiger partial charge in [0.15, 0.2) is 0 Å². The Hall–Kier alpha value is -2.18. The van der Waals surface area contributed by atoms with Gasteiger partial charge in [0.25, 0.3) is 11.8 Å². The van der Waals surface area contributed by atoms with Crippen LogP contribution in [0.1, 0.15) is 34.6 Å². The summed E-state index contributed by atoms with van der Waals surface area (Å²) in [6.07, 6.45) is 0.597. The van der Waals surface area contributed by atoms with E-state index in [1.165, 1.54) is 7.05 Å². The van der Waals surface area contributed by atoms with Crippen LogP contribution in [0, 0.1) is 13.8 Å². The van der Waals surface area contributed by atoms with E-state index in [9.17, 15) is 14.4 Å². The highest BCUT2D eigenvalue weighted by Crippen LogP contribution is 2.14. The van der Waals surface area contributed by atoms with E-state index in [1.54, 1.807) is 13.8 Å². The molecule has 2 heterocycles. The molecule has 3 amide bonds. The van der Waals surface area contributed by atoms with Crippen LogP contribution in [0.4, 0.5) is 0 Å². The number of likely N-dealkylation sites (N-methyl/N-ethyl adjacent to an activating group) is 1. The Morgan fingerprint density at radius 3 is 2.68 bits per heavy atom. The number of rotatable bonds is 2. The maximum Gasteiger partial charge on any atom is 0.255 e. The summed E-state index contributed by atoms with van der Waals surface area (Å²) < 4.78 is 0. The van der Waals surface area contributed by atoms with Crippen molar-refractivity contribution < 1.29 is 14.4 Å². The number of aromatic amines is 1. The van der Waals surface area contributed by atoms with Crippen LogP contribution in [-0.4, -0.2) is 45.9 Å². The molecule has 0 saturated carbocycles. The molecule has 0 bridgehead atoms. The minimum absolute atomic E-state index is 0.217. The molecular formula is C12H16N4O3. The van der Waals surface area contributed by atoms with Crippen molar-refractivity contribution in [1.82, 2.24) is 20.4 Å². The van der Waals surface area contributed by atoms with E-state index < -0.39 is 6.04 Å². The molecule has 0 aliphatic carbocycles. The van der Waals surface area contributed by atoms with Gasteiger partial charge in [-0.3, -0.25) is 24.4 Å². The average molecular weight is 264 g/mol. The largest absolute Gasteiger partial charge is 0.340 e. The fourth-order valence-corrected chi connectivity index (χ4v) is 2.17. The zero-order valence-electron chi connectivity index (χ0n) is 11.1. The monoisotopic (exact) mass is 264 g/mol. The third kappa shape index (κ3) is 2.35. The van der Waals surface area contributed by atoms with Crippen molar-refractivity contribution in [3.63, 3.8) is 0 Å². The smallest absolute Gasteiger partial charge is 0.255 e. The number of nitrogens with zero attached hydrogens (tertiary/aromatic N) is 2. The molecule has 0 spiro atoms. The molecule has 102 valence electrons. The number of carbonyl (C=O) groups is 3. The molecule has 0 radical (unpaired) electrons. The van der Waals surface area contributed by atoms with E-state index in [1.807, 2.05) is 0 Å². The van der Waals surface area contributed by atoms with Crippen LogP contribution in [0.5, 0.6) is 0 Å². The third-order valence-electron chi connectivity index (χ3n) is 3.31. The van der Waals surface area contributed by atoms with E-state index >= 15 is 0 Å². The minimum Gasteiger partial charge on any atom is -0.340 e. The highest BCUT2D eigenvalue weighted by molar-refractivity contribution is 6.04. The zero-order valence-corrected chi connectivity index (χ0v) is 11.1. The van der Waals surface area contributed by atoms with Gasteiger partial charge in [-0.1, -0.05) is 0 Å². The van der Waals surface area contributed by atoms with Crippen molar-refractivity contribution >= 4 is 17.7 Å². The topological polar surface area (TPSA) is 95.2 Å². The predicted molar refractivity (Wildman–Crippen MR) is 66.3 cm³/mol. The summed E-state index contributed by atoms with van der Waals surface area (Å²) in [6.45, 7) is 3.46. The Morgan fingerprint density at radius 2 is 2.11 bits per heavy atom. The molecular weight excluding hydrogens is 248 g/mol. The van der Waals surface area contributed by atoms with Gasteiger partial charge in [-0.15, -0.1) is 0 Å². The van der Waals surface area contributed by atoms with Gasteiger partial charge in [0.2, 0.25) is 5.91 Å². The van der Waals surface area contributed by atoms with Gasteiger partial charge in [-0.25, -0.2) is 0 Å². The number of hydrogen-bond donors (Lipinski definition) is 2. The molecule has 1 aliphatic heterocycles. The number of aromatic nitrogens is 2. The highest BCUT2D eigenvalue weighted by Gasteiger charge is 2.33. The van der Waals surface area contributed by atoms with Crippen molar-refractivity contribution in [2.24, 2.45) is 0 Å². The Labute approximate surface area is 110 Å². The van der Waals surface area contributed by atoms with Crippen LogP contribution in [-0.2, 0) is 9.59 Å².